The number of aryl methyl sites for hydroxylation is 1. The van der Waals surface area contributed by atoms with E-state index in [1.54, 1.807) is 11.4 Å². The highest BCUT2D eigenvalue weighted by Crippen LogP contribution is 2.07. The Morgan fingerprint density at radius 3 is 3.00 bits per heavy atom. The fourth-order valence-corrected chi connectivity index (χ4v) is 1.38. The Morgan fingerprint density at radius 2 is 2.36 bits per heavy atom. The van der Waals surface area contributed by atoms with Crippen LogP contribution in [0.15, 0.2) is 18.3 Å². The minimum Gasteiger partial charge on any atom is -0.300 e. The molecule has 0 aliphatic rings. The molecule has 2 aromatic heterocycles. The van der Waals surface area contributed by atoms with Crippen molar-refractivity contribution in [2.24, 2.45) is 0 Å². The Hall–Kier alpha value is -1.71. The van der Waals surface area contributed by atoms with Crippen LogP contribution in [0, 0.1) is 6.92 Å². The Morgan fingerprint density at radius 1 is 1.57 bits per heavy atom. The van der Waals surface area contributed by atoms with Gasteiger partial charge in [0.2, 0.25) is 0 Å². The smallest absolute Gasteiger partial charge is 0.159 e. The normalized spacial score (nSPS) is 10.7. The molecule has 0 unspecified atom stereocenters. The van der Waals surface area contributed by atoms with Gasteiger partial charge in [0.25, 0.3) is 0 Å². The van der Waals surface area contributed by atoms with Crippen molar-refractivity contribution < 1.29 is 4.79 Å². The maximum absolute atomic E-state index is 10.9. The number of pyridine rings is 1. The summed E-state index contributed by atoms with van der Waals surface area (Å²) in [5.41, 5.74) is 1.89. The van der Waals surface area contributed by atoms with Crippen LogP contribution in [0.4, 0.5) is 0 Å². The van der Waals surface area contributed by atoms with Crippen LogP contribution < -0.4 is 0 Å². The van der Waals surface area contributed by atoms with Gasteiger partial charge in [-0.25, -0.2) is 9.50 Å². The minimum atomic E-state index is 0.0820. The van der Waals surface area contributed by atoms with Gasteiger partial charge in [-0.15, -0.1) is 0 Å². The molecule has 0 atom stereocenters. The Labute approximate surface area is 81.6 Å². The maximum Gasteiger partial charge on any atom is 0.159 e. The van der Waals surface area contributed by atoms with Crippen molar-refractivity contribution in [1.82, 2.24) is 14.6 Å². The van der Waals surface area contributed by atoms with E-state index in [9.17, 15) is 4.79 Å². The van der Waals surface area contributed by atoms with Gasteiger partial charge < -0.3 is 0 Å². The molecule has 0 aromatic carbocycles. The van der Waals surface area contributed by atoms with Crippen LogP contribution in [-0.2, 0) is 11.2 Å². The monoisotopic (exact) mass is 189 g/mol. The van der Waals surface area contributed by atoms with Gasteiger partial charge in [0.1, 0.15) is 5.78 Å². The van der Waals surface area contributed by atoms with E-state index in [1.165, 1.54) is 0 Å². The minimum absolute atomic E-state index is 0.0820. The second-order valence-electron chi connectivity index (χ2n) is 3.37. The van der Waals surface area contributed by atoms with Gasteiger partial charge in [0.15, 0.2) is 11.5 Å². The van der Waals surface area contributed by atoms with Crippen LogP contribution in [-0.4, -0.2) is 20.4 Å². The average Bonchev–Trinajstić information content (AvgIpc) is 2.47. The van der Waals surface area contributed by atoms with Gasteiger partial charge in [-0.05, 0) is 25.5 Å². The highest BCUT2D eigenvalue weighted by molar-refractivity contribution is 5.77. The van der Waals surface area contributed by atoms with E-state index >= 15 is 0 Å². The molecule has 0 saturated carbocycles. The molecule has 0 fully saturated rings. The number of Topliss-reactive ketones (excluding diaryl/α,β-unsaturated/α-hetero) is 1. The van der Waals surface area contributed by atoms with E-state index in [2.05, 4.69) is 10.1 Å². The second kappa shape index (κ2) is 3.21. The number of fused-ring (bicyclic) bond motifs is 1. The van der Waals surface area contributed by atoms with Crippen molar-refractivity contribution in [1.29, 1.82) is 0 Å². The molecular weight excluding hydrogens is 178 g/mol. The summed E-state index contributed by atoms with van der Waals surface area (Å²) in [6, 6.07) is 3.89. The van der Waals surface area contributed by atoms with E-state index in [0.29, 0.717) is 12.2 Å². The predicted octanol–water partition coefficient (Wildman–Crippen LogP) is 1.17. The molecule has 2 aromatic rings. The number of aromatic nitrogens is 3. The zero-order chi connectivity index (χ0) is 10.1. The molecule has 0 spiro atoms. The lowest BCUT2D eigenvalue weighted by molar-refractivity contribution is -0.116. The van der Waals surface area contributed by atoms with Crippen LogP contribution in [0.5, 0.6) is 0 Å². The van der Waals surface area contributed by atoms with Crippen molar-refractivity contribution in [2.75, 3.05) is 0 Å². The summed E-state index contributed by atoms with van der Waals surface area (Å²) in [4.78, 5) is 15.2. The molecule has 14 heavy (non-hydrogen) atoms. The molecule has 0 amide bonds. The van der Waals surface area contributed by atoms with Gasteiger partial charge in [-0.1, -0.05) is 6.07 Å². The molecule has 0 saturated heterocycles. The lowest BCUT2D eigenvalue weighted by atomic mass is 10.3. The van der Waals surface area contributed by atoms with E-state index in [0.717, 1.165) is 11.2 Å². The predicted molar refractivity (Wildman–Crippen MR) is 52.1 cm³/mol. The summed E-state index contributed by atoms with van der Waals surface area (Å²) in [5.74, 6) is 0.672. The van der Waals surface area contributed by atoms with Crippen molar-refractivity contribution in [2.45, 2.75) is 20.3 Å². The third-order valence-corrected chi connectivity index (χ3v) is 2.01. The third-order valence-electron chi connectivity index (χ3n) is 2.01. The lowest BCUT2D eigenvalue weighted by Gasteiger charge is -1.92. The van der Waals surface area contributed by atoms with E-state index in [-0.39, 0.29) is 5.78 Å². The summed E-state index contributed by atoms with van der Waals surface area (Å²) in [6.07, 6.45) is 2.14. The fraction of sp³-hybridized carbons (Fsp3) is 0.300. The van der Waals surface area contributed by atoms with E-state index < -0.39 is 0 Å². The first-order valence-corrected chi connectivity index (χ1v) is 4.47. The van der Waals surface area contributed by atoms with Crippen LogP contribution in [0.3, 0.4) is 0 Å². The van der Waals surface area contributed by atoms with E-state index in [4.69, 9.17) is 0 Å². The topological polar surface area (TPSA) is 47.3 Å². The number of hydrogen-bond donors (Lipinski definition) is 0. The molecule has 0 aliphatic heterocycles. The first kappa shape index (κ1) is 8.87. The number of ketones is 1. The van der Waals surface area contributed by atoms with E-state index in [1.807, 2.05) is 25.3 Å². The van der Waals surface area contributed by atoms with Crippen molar-refractivity contribution in [3.8, 4) is 0 Å². The molecular formula is C10H11N3O. The molecule has 2 rings (SSSR count). The van der Waals surface area contributed by atoms with Crippen molar-refractivity contribution in [3.05, 3.63) is 29.7 Å². The first-order valence-electron chi connectivity index (χ1n) is 4.47. The van der Waals surface area contributed by atoms with Crippen LogP contribution >= 0.6 is 0 Å². The lowest BCUT2D eigenvalue weighted by Crippen LogP contribution is -1.98. The summed E-state index contributed by atoms with van der Waals surface area (Å²) in [5, 5.41) is 4.20. The molecule has 2 heterocycles. The zero-order valence-corrected chi connectivity index (χ0v) is 8.19. The standard InChI is InChI=1S/C10H11N3O/c1-7-4-3-5-13-10(7)11-9(12-13)6-8(2)14/h3-5H,6H2,1-2H3. The second-order valence-corrected chi connectivity index (χ2v) is 3.37. The summed E-state index contributed by atoms with van der Waals surface area (Å²) in [6.45, 7) is 3.51. The van der Waals surface area contributed by atoms with Crippen LogP contribution in [0.2, 0.25) is 0 Å². The quantitative estimate of drug-likeness (QED) is 0.712. The Kier molecular flexibility index (Phi) is 2.04. The Bertz CT molecular complexity index is 487. The Balaban J connectivity index is 2.51. The van der Waals surface area contributed by atoms with Crippen LogP contribution in [0.25, 0.3) is 5.65 Å². The number of carbonyl (C=O) groups excluding carboxylic acids is 1. The summed E-state index contributed by atoms with van der Waals surface area (Å²) in [7, 11) is 0. The molecule has 4 heteroatoms. The zero-order valence-electron chi connectivity index (χ0n) is 8.19. The first-order chi connectivity index (χ1) is 6.66. The van der Waals surface area contributed by atoms with Gasteiger partial charge in [-0.2, -0.15) is 5.10 Å². The molecule has 0 radical (unpaired) electrons. The summed E-state index contributed by atoms with van der Waals surface area (Å²) >= 11 is 0. The molecule has 0 aliphatic carbocycles. The number of carbonyl (C=O) groups is 1. The third kappa shape index (κ3) is 1.51. The maximum atomic E-state index is 10.9. The van der Waals surface area contributed by atoms with Gasteiger partial charge in [0, 0.05) is 6.20 Å². The molecule has 4 nitrogen and oxygen atoms in total. The fourth-order valence-electron chi connectivity index (χ4n) is 1.38. The summed E-state index contributed by atoms with van der Waals surface area (Å²) < 4.78 is 1.70. The highest BCUT2D eigenvalue weighted by Gasteiger charge is 2.06. The number of nitrogens with zero attached hydrogens (tertiary/aromatic N) is 3. The molecule has 0 N–H and O–H groups in total. The average molecular weight is 189 g/mol. The largest absolute Gasteiger partial charge is 0.300 e. The van der Waals surface area contributed by atoms with Gasteiger partial charge >= 0.3 is 0 Å². The number of hydrogen-bond acceptors (Lipinski definition) is 3. The molecule has 72 valence electrons. The van der Waals surface area contributed by atoms with Crippen LogP contribution in [0.1, 0.15) is 18.3 Å². The van der Waals surface area contributed by atoms with Gasteiger partial charge in [-0.3, -0.25) is 4.79 Å². The number of rotatable bonds is 2. The van der Waals surface area contributed by atoms with Gasteiger partial charge in [0.05, 0.1) is 6.42 Å². The molecule has 0 bridgehead atoms. The van der Waals surface area contributed by atoms with Crippen molar-refractivity contribution in [3.63, 3.8) is 0 Å². The van der Waals surface area contributed by atoms with Crippen molar-refractivity contribution >= 4 is 11.4 Å². The highest BCUT2D eigenvalue weighted by atomic mass is 16.1. The SMILES string of the molecule is CC(=O)Cc1nc2c(C)cccn2n1.